The molecule has 1 aromatic heterocycles. The van der Waals surface area contributed by atoms with Crippen molar-refractivity contribution in [3.8, 4) is 0 Å². The van der Waals surface area contributed by atoms with Crippen LogP contribution in [0.15, 0.2) is 47.1 Å². The maximum absolute atomic E-state index is 11.0. The topological polar surface area (TPSA) is 68.1 Å². The molecule has 0 radical (unpaired) electrons. The molecule has 0 aliphatic carbocycles. The van der Waals surface area contributed by atoms with Crippen LogP contribution in [0.25, 0.3) is 0 Å². The van der Waals surface area contributed by atoms with Crippen molar-refractivity contribution < 1.29 is 4.92 Å². The second kappa shape index (κ2) is 5.79. The van der Waals surface area contributed by atoms with Crippen molar-refractivity contribution >= 4 is 27.3 Å². The van der Waals surface area contributed by atoms with E-state index in [0.717, 1.165) is 10.2 Å². The number of benzene rings is 1. The third kappa shape index (κ3) is 3.29. The van der Waals surface area contributed by atoms with Crippen LogP contribution >= 0.6 is 15.9 Å². The molecule has 0 fully saturated rings. The largest absolute Gasteiger partial charge is 0.371 e. The number of halogens is 1. The van der Waals surface area contributed by atoms with E-state index in [-0.39, 0.29) is 11.7 Å². The summed E-state index contributed by atoms with van der Waals surface area (Å²) in [6, 6.07) is 10.3. The Morgan fingerprint density at radius 3 is 2.79 bits per heavy atom. The van der Waals surface area contributed by atoms with Crippen LogP contribution in [0, 0.1) is 10.1 Å². The molecule has 2 aromatic rings. The van der Waals surface area contributed by atoms with Gasteiger partial charge in [-0.25, -0.2) is 0 Å². The number of hydrogen-bond acceptors (Lipinski definition) is 4. The number of aromatic nitrogens is 1. The molecule has 98 valence electrons. The minimum atomic E-state index is -0.403. The van der Waals surface area contributed by atoms with Crippen LogP contribution in [0.4, 0.5) is 11.4 Å². The number of hydrogen-bond donors (Lipinski definition) is 1. The maximum atomic E-state index is 11.0. The normalized spacial score (nSPS) is 11.9. The van der Waals surface area contributed by atoms with E-state index in [0.29, 0.717) is 5.69 Å². The van der Waals surface area contributed by atoms with Gasteiger partial charge in [-0.1, -0.05) is 22.0 Å². The van der Waals surface area contributed by atoms with Crippen LogP contribution in [0.1, 0.15) is 18.7 Å². The summed E-state index contributed by atoms with van der Waals surface area (Å²) in [5.41, 5.74) is 1.35. The quantitative estimate of drug-likeness (QED) is 0.684. The summed E-state index contributed by atoms with van der Waals surface area (Å²) < 4.78 is 0.786. The summed E-state index contributed by atoms with van der Waals surface area (Å²) in [7, 11) is 0. The summed E-state index contributed by atoms with van der Waals surface area (Å²) in [6.45, 7) is 1.91. The molecule has 1 atom stereocenters. The van der Waals surface area contributed by atoms with Gasteiger partial charge in [0.05, 0.1) is 16.7 Å². The Labute approximate surface area is 119 Å². The Balaban J connectivity index is 2.28. The molecular formula is C13H12BrN3O2. The van der Waals surface area contributed by atoms with Crippen LogP contribution in [0.2, 0.25) is 0 Å². The summed E-state index contributed by atoms with van der Waals surface area (Å²) in [6.07, 6.45) is 1.70. The fourth-order valence-electron chi connectivity index (χ4n) is 1.72. The number of nitro benzene ring substituents is 1. The lowest BCUT2D eigenvalue weighted by atomic mass is 10.2. The molecule has 0 saturated heterocycles. The van der Waals surface area contributed by atoms with Gasteiger partial charge in [-0.05, 0) is 31.2 Å². The molecule has 6 heteroatoms. The Kier molecular flexibility index (Phi) is 4.11. The average Bonchev–Trinajstić information content (AvgIpc) is 2.39. The Bertz CT molecular complexity index is 590. The molecule has 1 heterocycles. The fourth-order valence-corrected chi connectivity index (χ4v) is 2.08. The Hall–Kier alpha value is -1.95. The first-order valence-electron chi connectivity index (χ1n) is 5.69. The fraction of sp³-hybridized carbons (Fsp3) is 0.154. The Morgan fingerprint density at radius 2 is 2.16 bits per heavy atom. The van der Waals surface area contributed by atoms with Gasteiger partial charge in [0, 0.05) is 16.7 Å². The molecule has 0 saturated carbocycles. The standard InChI is InChI=1S/C13H12BrN3O2/c1-9(11-4-2-3-7-15-11)16-12-8-10(14)5-6-13(12)17(18)19/h2-9,16H,1H3. The molecule has 0 amide bonds. The molecule has 0 aliphatic heterocycles. The maximum Gasteiger partial charge on any atom is 0.292 e. The zero-order valence-electron chi connectivity index (χ0n) is 10.2. The first-order chi connectivity index (χ1) is 9.08. The van der Waals surface area contributed by atoms with E-state index in [9.17, 15) is 10.1 Å². The van der Waals surface area contributed by atoms with E-state index in [4.69, 9.17) is 0 Å². The molecule has 2 rings (SSSR count). The minimum absolute atomic E-state index is 0.0472. The lowest BCUT2D eigenvalue weighted by molar-refractivity contribution is -0.384. The number of nitrogens with zero attached hydrogens (tertiary/aromatic N) is 2. The van der Waals surface area contributed by atoms with Gasteiger partial charge in [0.1, 0.15) is 5.69 Å². The van der Waals surface area contributed by atoms with Crippen molar-refractivity contribution in [2.75, 3.05) is 5.32 Å². The first kappa shape index (κ1) is 13.5. The number of pyridine rings is 1. The highest BCUT2D eigenvalue weighted by Gasteiger charge is 2.16. The second-order valence-electron chi connectivity index (χ2n) is 4.04. The third-order valence-corrected chi connectivity index (χ3v) is 3.15. The van der Waals surface area contributed by atoms with Crippen LogP contribution < -0.4 is 5.32 Å². The lowest BCUT2D eigenvalue weighted by Crippen LogP contribution is -2.09. The summed E-state index contributed by atoms with van der Waals surface area (Å²) in [4.78, 5) is 14.8. The van der Waals surface area contributed by atoms with Gasteiger partial charge in [0.2, 0.25) is 0 Å². The van der Waals surface area contributed by atoms with Crippen molar-refractivity contribution in [2.45, 2.75) is 13.0 Å². The van der Waals surface area contributed by atoms with E-state index in [1.165, 1.54) is 6.07 Å². The van der Waals surface area contributed by atoms with Gasteiger partial charge in [0.15, 0.2) is 0 Å². The number of anilines is 1. The minimum Gasteiger partial charge on any atom is -0.371 e. The molecule has 5 nitrogen and oxygen atoms in total. The highest BCUT2D eigenvalue weighted by Crippen LogP contribution is 2.30. The number of rotatable bonds is 4. The molecule has 19 heavy (non-hydrogen) atoms. The monoisotopic (exact) mass is 321 g/mol. The molecule has 0 aliphatic rings. The van der Waals surface area contributed by atoms with Crippen molar-refractivity contribution in [2.24, 2.45) is 0 Å². The van der Waals surface area contributed by atoms with E-state index in [1.807, 2.05) is 25.1 Å². The SMILES string of the molecule is CC(Nc1cc(Br)ccc1[N+](=O)[O-])c1ccccn1. The van der Waals surface area contributed by atoms with Crippen molar-refractivity contribution in [1.82, 2.24) is 4.98 Å². The van der Waals surface area contributed by atoms with Gasteiger partial charge in [-0.15, -0.1) is 0 Å². The van der Waals surface area contributed by atoms with E-state index in [2.05, 4.69) is 26.2 Å². The van der Waals surface area contributed by atoms with Gasteiger partial charge < -0.3 is 5.32 Å². The van der Waals surface area contributed by atoms with E-state index >= 15 is 0 Å². The smallest absolute Gasteiger partial charge is 0.292 e. The predicted molar refractivity (Wildman–Crippen MR) is 77.1 cm³/mol. The highest BCUT2D eigenvalue weighted by atomic mass is 79.9. The lowest BCUT2D eigenvalue weighted by Gasteiger charge is -2.14. The van der Waals surface area contributed by atoms with Gasteiger partial charge in [0.25, 0.3) is 5.69 Å². The van der Waals surface area contributed by atoms with E-state index < -0.39 is 4.92 Å². The van der Waals surface area contributed by atoms with Crippen molar-refractivity contribution in [1.29, 1.82) is 0 Å². The van der Waals surface area contributed by atoms with Crippen LogP contribution in [-0.2, 0) is 0 Å². The molecular weight excluding hydrogens is 310 g/mol. The van der Waals surface area contributed by atoms with Crippen LogP contribution in [0.5, 0.6) is 0 Å². The van der Waals surface area contributed by atoms with Crippen molar-refractivity contribution in [3.63, 3.8) is 0 Å². The molecule has 0 bridgehead atoms. The van der Waals surface area contributed by atoms with Crippen LogP contribution in [-0.4, -0.2) is 9.91 Å². The first-order valence-corrected chi connectivity index (χ1v) is 6.48. The molecule has 1 aromatic carbocycles. The molecule has 0 spiro atoms. The summed E-state index contributed by atoms with van der Waals surface area (Å²) in [5.74, 6) is 0. The predicted octanol–water partition coefficient (Wildman–Crippen LogP) is 3.93. The van der Waals surface area contributed by atoms with Gasteiger partial charge >= 0.3 is 0 Å². The number of nitrogens with one attached hydrogen (secondary N) is 1. The zero-order chi connectivity index (χ0) is 13.8. The Morgan fingerprint density at radius 1 is 1.37 bits per heavy atom. The second-order valence-corrected chi connectivity index (χ2v) is 4.95. The highest BCUT2D eigenvalue weighted by molar-refractivity contribution is 9.10. The zero-order valence-corrected chi connectivity index (χ0v) is 11.8. The average molecular weight is 322 g/mol. The van der Waals surface area contributed by atoms with E-state index in [1.54, 1.807) is 18.3 Å². The van der Waals surface area contributed by atoms with Gasteiger partial charge in [-0.2, -0.15) is 0 Å². The molecule has 1 unspecified atom stereocenters. The summed E-state index contributed by atoms with van der Waals surface area (Å²) >= 11 is 3.31. The summed E-state index contributed by atoms with van der Waals surface area (Å²) in [5, 5.41) is 14.1. The van der Waals surface area contributed by atoms with Crippen LogP contribution in [0.3, 0.4) is 0 Å². The van der Waals surface area contributed by atoms with Gasteiger partial charge in [-0.3, -0.25) is 15.1 Å². The third-order valence-electron chi connectivity index (χ3n) is 2.66. The molecule has 1 N–H and O–H groups in total. The number of nitro groups is 1. The van der Waals surface area contributed by atoms with Crippen molar-refractivity contribution in [3.05, 3.63) is 62.9 Å².